The smallest absolute Gasteiger partial charge is 0.274 e. The Bertz CT molecular complexity index is 772. The number of unbranched alkanes of at least 4 members (excludes halogenated alkanes) is 2. The molecule has 0 spiro atoms. The molecular formula is C15H20N4O3S. The number of rotatable bonds is 8. The number of nitrogens with two attached hydrogens (primary N) is 1. The third-order valence-corrected chi connectivity index (χ3v) is 3.91. The van der Waals surface area contributed by atoms with Gasteiger partial charge in [0.05, 0.1) is 11.2 Å². The second-order valence-corrected chi connectivity index (χ2v) is 6.55. The lowest BCUT2D eigenvalue weighted by Gasteiger charge is -2.08. The van der Waals surface area contributed by atoms with Gasteiger partial charge < -0.3 is 5.32 Å². The van der Waals surface area contributed by atoms with Crippen LogP contribution in [0.15, 0.2) is 36.5 Å². The molecule has 0 radical (unpaired) electrons. The minimum atomic E-state index is -3.62. The summed E-state index contributed by atoms with van der Waals surface area (Å²) in [6.07, 6.45) is 4.16. The fourth-order valence-electron chi connectivity index (χ4n) is 2.23. The van der Waals surface area contributed by atoms with Crippen LogP contribution in [-0.4, -0.2) is 25.9 Å². The molecule has 2 aromatic rings. The molecule has 1 aromatic heterocycles. The van der Waals surface area contributed by atoms with E-state index in [0.29, 0.717) is 19.3 Å². The third-order valence-electron chi connectivity index (χ3n) is 3.30. The maximum Gasteiger partial charge on any atom is 0.274 e. The fraction of sp³-hybridized carbons (Fsp3) is 0.333. The predicted molar refractivity (Wildman–Crippen MR) is 90.0 cm³/mol. The zero-order chi connectivity index (χ0) is 16.7. The quantitative estimate of drug-likeness (QED) is 0.634. The van der Waals surface area contributed by atoms with Crippen molar-refractivity contribution in [2.24, 2.45) is 5.14 Å². The van der Waals surface area contributed by atoms with E-state index in [1.807, 2.05) is 30.3 Å². The second-order valence-electron chi connectivity index (χ2n) is 5.17. The van der Waals surface area contributed by atoms with Gasteiger partial charge in [-0.25, -0.2) is 9.86 Å². The average molecular weight is 336 g/mol. The molecule has 0 atom stereocenters. The summed E-state index contributed by atoms with van der Waals surface area (Å²) in [5, 5.41) is 8.61. The number of benzene rings is 1. The monoisotopic (exact) mass is 336 g/mol. The number of hydrogen-bond donors (Lipinski definition) is 3. The fourth-order valence-corrected chi connectivity index (χ4v) is 2.66. The van der Waals surface area contributed by atoms with Crippen LogP contribution in [0.5, 0.6) is 0 Å². The van der Waals surface area contributed by atoms with Crippen molar-refractivity contribution in [3.8, 4) is 0 Å². The van der Waals surface area contributed by atoms with E-state index in [-0.39, 0.29) is 12.5 Å². The van der Waals surface area contributed by atoms with Crippen LogP contribution in [0.2, 0.25) is 0 Å². The van der Waals surface area contributed by atoms with Crippen LogP contribution >= 0.6 is 0 Å². The van der Waals surface area contributed by atoms with Crippen LogP contribution in [0.4, 0.5) is 5.69 Å². The molecule has 8 heteroatoms. The number of aromatic nitrogens is 1. The van der Waals surface area contributed by atoms with Crippen molar-refractivity contribution in [3.05, 3.63) is 36.5 Å². The van der Waals surface area contributed by atoms with E-state index in [1.165, 1.54) is 0 Å². The first-order valence-corrected chi connectivity index (χ1v) is 8.91. The summed E-state index contributed by atoms with van der Waals surface area (Å²) in [7, 11) is -3.62. The molecule has 0 saturated heterocycles. The van der Waals surface area contributed by atoms with Crippen LogP contribution in [-0.2, 0) is 15.0 Å². The van der Waals surface area contributed by atoms with Gasteiger partial charge in [0.2, 0.25) is 5.91 Å². The largest absolute Gasteiger partial charge is 0.325 e. The number of hydrogen-bond acceptors (Lipinski definition) is 4. The molecule has 1 amide bonds. The van der Waals surface area contributed by atoms with Gasteiger partial charge in [-0.2, -0.15) is 8.42 Å². The highest BCUT2D eigenvalue weighted by molar-refractivity contribution is 7.87. The number of anilines is 1. The average Bonchev–Trinajstić information content (AvgIpc) is 2.50. The molecule has 0 aliphatic heterocycles. The zero-order valence-corrected chi connectivity index (χ0v) is 13.5. The van der Waals surface area contributed by atoms with Gasteiger partial charge >= 0.3 is 0 Å². The molecule has 0 fully saturated rings. The van der Waals surface area contributed by atoms with Gasteiger partial charge in [0, 0.05) is 24.5 Å². The lowest BCUT2D eigenvalue weighted by molar-refractivity contribution is -0.116. The Kier molecular flexibility index (Phi) is 6.03. The molecule has 124 valence electrons. The van der Waals surface area contributed by atoms with Gasteiger partial charge in [0.15, 0.2) is 0 Å². The SMILES string of the molecule is NS(=O)(=O)NCCCCCC(=O)Nc1cccc2ncccc12. The Labute approximate surface area is 135 Å². The third kappa shape index (κ3) is 5.93. The van der Waals surface area contributed by atoms with Crippen molar-refractivity contribution in [3.63, 3.8) is 0 Å². The van der Waals surface area contributed by atoms with E-state index in [0.717, 1.165) is 23.0 Å². The minimum Gasteiger partial charge on any atom is -0.325 e. The first-order valence-electron chi connectivity index (χ1n) is 7.37. The Morgan fingerprint density at radius 1 is 1.13 bits per heavy atom. The molecule has 0 aliphatic rings. The van der Waals surface area contributed by atoms with E-state index < -0.39 is 10.2 Å². The van der Waals surface area contributed by atoms with Crippen molar-refractivity contribution in [2.75, 3.05) is 11.9 Å². The number of carbonyl (C=O) groups is 1. The minimum absolute atomic E-state index is 0.0687. The molecular weight excluding hydrogens is 316 g/mol. The lowest BCUT2D eigenvalue weighted by atomic mass is 10.1. The Balaban J connectivity index is 1.76. The van der Waals surface area contributed by atoms with Gasteiger partial charge in [-0.05, 0) is 37.1 Å². The van der Waals surface area contributed by atoms with Crippen molar-refractivity contribution >= 4 is 32.7 Å². The standard InChI is InChI=1S/C15H20N4O3S/c16-23(21,22)18-11-3-1-2-9-15(20)19-14-8-4-7-13-12(14)6-5-10-17-13/h4-8,10,18H,1-3,9,11H2,(H,19,20)(H2,16,21,22). The van der Waals surface area contributed by atoms with Crippen molar-refractivity contribution in [1.82, 2.24) is 9.71 Å². The molecule has 23 heavy (non-hydrogen) atoms. The second kappa shape index (κ2) is 8.00. The van der Waals surface area contributed by atoms with Crippen LogP contribution in [0.1, 0.15) is 25.7 Å². The number of carbonyl (C=O) groups excluding carboxylic acids is 1. The maximum atomic E-state index is 12.0. The van der Waals surface area contributed by atoms with Gasteiger partial charge in [-0.15, -0.1) is 0 Å². The van der Waals surface area contributed by atoms with E-state index in [9.17, 15) is 13.2 Å². The summed E-state index contributed by atoms with van der Waals surface area (Å²) in [6, 6.07) is 9.33. The number of pyridine rings is 1. The molecule has 2 rings (SSSR count). The molecule has 1 aromatic carbocycles. The number of amides is 1. The summed E-state index contributed by atoms with van der Waals surface area (Å²) in [4.78, 5) is 16.2. The van der Waals surface area contributed by atoms with Crippen molar-refractivity contribution in [1.29, 1.82) is 0 Å². The molecule has 7 nitrogen and oxygen atoms in total. The molecule has 0 saturated carbocycles. The zero-order valence-electron chi connectivity index (χ0n) is 12.7. The van der Waals surface area contributed by atoms with E-state index in [4.69, 9.17) is 5.14 Å². The van der Waals surface area contributed by atoms with E-state index >= 15 is 0 Å². The summed E-state index contributed by atoms with van der Waals surface area (Å²) in [5.41, 5.74) is 1.58. The predicted octanol–water partition coefficient (Wildman–Crippen LogP) is 1.53. The maximum absolute atomic E-state index is 12.0. The van der Waals surface area contributed by atoms with Gasteiger partial charge in [-0.3, -0.25) is 9.78 Å². The molecule has 0 aliphatic carbocycles. The Hall–Kier alpha value is -2.03. The van der Waals surface area contributed by atoms with E-state index in [1.54, 1.807) is 6.20 Å². The van der Waals surface area contributed by atoms with Gasteiger partial charge in [0.25, 0.3) is 10.2 Å². The summed E-state index contributed by atoms with van der Waals surface area (Å²) in [6.45, 7) is 0.287. The Morgan fingerprint density at radius 2 is 1.96 bits per heavy atom. The van der Waals surface area contributed by atoms with Crippen molar-refractivity contribution in [2.45, 2.75) is 25.7 Å². The molecule has 0 bridgehead atoms. The summed E-state index contributed by atoms with van der Waals surface area (Å²) >= 11 is 0. The molecule has 4 N–H and O–H groups in total. The first kappa shape index (κ1) is 17.3. The topological polar surface area (TPSA) is 114 Å². The normalized spacial score (nSPS) is 11.5. The lowest BCUT2D eigenvalue weighted by Crippen LogP contribution is -2.31. The first-order chi connectivity index (χ1) is 11.0. The highest BCUT2D eigenvalue weighted by atomic mass is 32.2. The summed E-state index contributed by atoms with van der Waals surface area (Å²) < 4.78 is 23.6. The highest BCUT2D eigenvalue weighted by Gasteiger charge is 2.06. The number of nitrogens with one attached hydrogen (secondary N) is 2. The molecule has 0 unspecified atom stereocenters. The number of fused-ring (bicyclic) bond motifs is 1. The van der Waals surface area contributed by atoms with Gasteiger partial charge in [0.1, 0.15) is 0 Å². The highest BCUT2D eigenvalue weighted by Crippen LogP contribution is 2.21. The summed E-state index contributed by atoms with van der Waals surface area (Å²) in [5.74, 6) is -0.0687. The van der Waals surface area contributed by atoms with Crippen LogP contribution in [0.25, 0.3) is 10.9 Å². The van der Waals surface area contributed by atoms with Crippen LogP contribution in [0, 0.1) is 0 Å². The number of nitrogens with zero attached hydrogens (tertiary/aromatic N) is 1. The molecule has 1 heterocycles. The van der Waals surface area contributed by atoms with Gasteiger partial charge in [-0.1, -0.05) is 12.5 Å². The van der Waals surface area contributed by atoms with Crippen LogP contribution in [0.3, 0.4) is 0 Å². The van der Waals surface area contributed by atoms with E-state index in [2.05, 4.69) is 15.0 Å². The van der Waals surface area contributed by atoms with Crippen LogP contribution < -0.4 is 15.2 Å². The van der Waals surface area contributed by atoms with Crippen molar-refractivity contribution < 1.29 is 13.2 Å². The Morgan fingerprint density at radius 3 is 2.74 bits per heavy atom.